The summed E-state index contributed by atoms with van der Waals surface area (Å²) in [6, 6.07) is 5.22. The highest BCUT2D eigenvalue weighted by molar-refractivity contribution is 6.00. The average Bonchev–Trinajstić information content (AvgIpc) is 3.63. The number of hydrogen-bond acceptors (Lipinski definition) is 8. The normalized spacial score (nSPS) is 27.0. The SMILES string of the molecule is Oc1cc(-c2ncc3c(N4C[C@H]5CC[C@@H](C4)N5)nc(OC[C@@]45CCCN4C[C@H](F)C5)nc3c2F)c2c(F)c(F)ccc2c1. The van der Waals surface area contributed by atoms with E-state index in [9.17, 15) is 13.9 Å². The van der Waals surface area contributed by atoms with Crippen molar-refractivity contribution in [2.24, 2.45) is 0 Å². The van der Waals surface area contributed by atoms with Crippen molar-refractivity contribution in [1.82, 2.24) is 25.2 Å². The Labute approximate surface area is 244 Å². The topological polar surface area (TPSA) is 86.6 Å². The van der Waals surface area contributed by atoms with Gasteiger partial charge < -0.3 is 20.1 Å². The van der Waals surface area contributed by atoms with Crippen LogP contribution in [0.5, 0.6) is 11.8 Å². The lowest BCUT2D eigenvalue weighted by Crippen LogP contribution is -2.51. The summed E-state index contributed by atoms with van der Waals surface area (Å²) in [5.74, 6) is -2.91. The molecule has 2 aromatic heterocycles. The van der Waals surface area contributed by atoms with Crippen LogP contribution in [0.25, 0.3) is 32.9 Å². The first-order valence-electron chi connectivity index (χ1n) is 14.8. The first-order chi connectivity index (χ1) is 20.8. The Hall–Kier alpha value is -3.77. The predicted octanol–water partition coefficient (Wildman–Crippen LogP) is 4.86. The van der Waals surface area contributed by atoms with E-state index in [0.717, 1.165) is 44.4 Å². The first kappa shape index (κ1) is 26.8. The predicted molar refractivity (Wildman–Crippen MR) is 153 cm³/mol. The maximum absolute atomic E-state index is 16.6. The van der Waals surface area contributed by atoms with Crippen molar-refractivity contribution < 1.29 is 27.4 Å². The summed E-state index contributed by atoms with van der Waals surface area (Å²) in [5.41, 5.74) is -0.921. The molecule has 8 rings (SSSR count). The highest BCUT2D eigenvalue weighted by atomic mass is 19.2. The van der Waals surface area contributed by atoms with Crippen molar-refractivity contribution in [3.8, 4) is 23.0 Å². The third-order valence-corrected chi connectivity index (χ3v) is 9.64. The van der Waals surface area contributed by atoms with Gasteiger partial charge in [0.2, 0.25) is 0 Å². The highest BCUT2D eigenvalue weighted by Gasteiger charge is 2.49. The van der Waals surface area contributed by atoms with E-state index in [0.29, 0.717) is 37.3 Å². The fourth-order valence-corrected chi connectivity index (χ4v) is 7.70. The second-order valence-corrected chi connectivity index (χ2v) is 12.4. The number of alkyl halides is 1. The van der Waals surface area contributed by atoms with Crippen LogP contribution in [0.2, 0.25) is 0 Å². The zero-order valence-electron chi connectivity index (χ0n) is 23.3. The second-order valence-electron chi connectivity index (χ2n) is 12.4. The molecular weight excluding hydrogens is 564 g/mol. The fourth-order valence-electron chi connectivity index (χ4n) is 7.70. The number of phenols is 1. The minimum atomic E-state index is -1.17. The summed E-state index contributed by atoms with van der Waals surface area (Å²) < 4.78 is 66.5. The Morgan fingerprint density at radius 3 is 2.67 bits per heavy atom. The summed E-state index contributed by atoms with van der Waals surface area (Å²) in [7, 11) is 0. The second kappa shape index (κ2) is 9.88. The van der Waals surface area contributed by atoms with Gasteiger partial charge in [-0.25, -0.2) is 17.6 Å². The molecule has 0 saturated carbocycles. The Kier molecular flexibility index (Phi) is 6.16. The number of halogens is 4. The van der Waals surface area contributed by atoms with Crippen LogP contribution in [0.1, 0.15) is 32.1 Å². The highest BCUT2D eigenvalue weighted by Crippen LogP contribution is 2.42. The number of aromatic hydroxyl groups is 1. The van der Waals surface area contributed by atoms with Crippen LogP contribution in [0.3, 0.4) is 0 Å². The Morgan fingerprint density at radius 2 is 1.86 bits per heavy atom. The lowest BCUT2D eigenvalue weighted by atomic mass is 9.95. The minimum absolute atomic E-state index is 0.0362. The molecule has 224 valence electrons. The zero-order valence-corrected chi connectivity index (χ0v) is 23.3. The van der Waals surface area contributed by atoms with Crippen molar-refractivity contribution in [3.05, 3.63) is 47.9 Å². The number of pyridine rings is 1. The number of piperazine rings is 1. The minimum Gasteiger partial charge on any atom is -0.508 e. The van der Waals surface area contributed by atoms with Crippen molar-refractivity contribution in [2.45, 2.75) is 55.9 Å². The van der Waals surface area contributed by atoms with E-state index in [1.165, 1.54) is 18.3 Å². The molecule has 0 spiro atoms. The molecule has 4 aliphatic heterocycles. The summed E-state index contributed by atoms with van der Waals surface area (Å²) in [6.07, 6.45) is 4.67. The maximum atomic E-state index is 16.6. The summed E-state index contributed by atoms with van der Waals surface area (Å²) >= 11 is 0. The number of anilines is 1. The van der Waals surface area contributed by atoms with Crippen molar-refractivity contribution in [1.29, 1.82) is 0 Å². The number of rotatable bonds is 5. The van der Waals surface area contributed by atoms with Gasteiger partial charge in [-0.05, 0) is 55.8 Å². The van der Waals surface area contributed by atoms with Crippen LogP contribution < -0.4 is 15.0 Å². The van der Waals surface area contributed by atoms with Crippen molar-refractivity contribution in [3.63, 3.8) is 0 Å². The maximum Gasteiger partial charge on any atom is 0.319 e. The molecule has 4 atom stereocenters. The average molecular weight is 595 g/mol. The van der Waals surface area contributed by atoms with Crippen LogP contribution in [-0.4, -0.2) is 81.5 Å². The standard InChI is InChI=1S/C31H30F4N6O2/c32-17-10-31(6-1-7-41(31)12-17)15-43-30-38-28-22(29(39-30)40-13-18-3-4-19(14-40)37-18)11-36-27(26(28)35)21-9-20(42)8-16-2-5-23(33)25(34)24(16)21/h2,5,8-9,11,17-19,37,42H,1,3-4,6-7,10,12-15H2/t17-,18-,19+,31+/m1/s1. The van der Waals surface area contributed by atoms with E-state index in [4.69, 9.17) is 9.72 Å². The Morgan fingerprint density at radius 1 is 1.05 bits per heavy atom. The van der Waals surface area contributed by atoms with Crippen molar-refractivity contribution >= 4 is 27.5 Å². The molecule has 0 aliphatic carbocycles. The number of nitrogens with zero attached hydrogens (tertiary/aromatic N) is 5. The van der Waals surface area contributed by atoms with Crippen LogP contribution >= 0.6 is 0 Å². The molecule has 0 unspecified atom stereocenters. The molecule has 4 aliphatic rings. The first-order valence-corrected chi connectivity index (χ1v) is 14.8. The van der Waals surface area contributed by atoms with E-state index in [-0.39, 0.29) is 58.0 Å². The van der Waals surface area contributed by atoms with E-state index in [2.05, 4.69) is 25.1 Å². The fraction of sp³-hybridized carbons (Fsp3) is 0.452. The number of benzene rings is 2. The molecule has 2 N–H and O–H groups in total. The van der Waals surface area contributed by atoms with Gasteiger partial charge in [0.05, 0.1) is 10.9 Å². The smallest absolute Gasteiger partial charge is 0.319 e. The van der Waals surface area contributed by atoms with E-state index in [1.54, 1.807) is 0 Å². The van der Waals surface area contributed by atoms with Gasteiger partial charge in [0.15, 0.2) is 17.5 Å². The van der Waals surface area contributed by atoms with E-state index >= 15 is 8.78 Å². The quantitative estimate of drug-likeness (QED) is 0.317. The molecule has 0 amide bonds. The third kappa shape index (κ3) is 4.36. The van der Waals surface area contributed by atoms with Gasteiger partial charge in [0.1, 0.15) is 35.6 Å². The molecule has 2 bridgehead atoms. The monoisotopic (exact) mass is 594 g/mol. The third-order valence-electron chi connectivity index (χ3n) is 9.64. The molecule has 43 heavy (non-hydrogen) atoms. The van der Waals surface area contributed by atoms with Gasteiger partial charge in [0.25, 0.3) is 0 Å². The molecule has 8 nitrogen and oxygen atoms in total. The molecular formula is C31H30F4N6O2. The molecule has 6 heterocycles. The molecule has 4 saturated heterocycles. The van der Waals surface area contributed by atoms with Gasteiger partial charge in [-0.2, -0.15) is 9.97 Å². The molecule has 0 radical (unpaired) electrons. The van der Waals surface area contributed by atoms with Crippen molar-refractivity contribution in [2.75, 3.05) is 37.7 Å². The van der Waals surface area contributed by atoms with Gasteiger partial charge in [-0.3, -0.25) is 9.88 Å². The number of aromatic nitrogens is 3. The summed E-state index contributed by atoms with van der Waals surface area (Å²) in [4.78, 5) is 17.8. The lowest BCUT2D eigenvalue weighted by molar-refractivity contribution is 0.107. The van der Waals surface area contributed by atoms with Gasteiger partial charge in [-0.15, -0.1) is 0 Å². The van der Waals surface area contributed by atoms with Crippen LogP contribution in [0, 0.1) is 17.5 Å². The van der Waals surface area contributed by atoms with Crippen LogP contribution in [-0.2, 0) is 0 Å². The van der Waals surface area contributed by atoms with Crippen LogP contribution in [0.4, 0.5) is 23.4 Å². The van der Waals surface area contributed by atoms with E-state index < -0.39 is 29.2 Å². The number of fused-ring (bicyclic) bond motifs is 5. The zero-order chi connectivity index (χ0) is 29.5. The number of hydrogen-bond donors (Lipinski definition) is 2. The molecule has 2 aromatic carbocycles. The number of phenolic OH excluding ortho intramolecular Hbond substituents is 1. The van der Waals surface area contributed by atoms with Gasteiger partial charge in [-0.1, -0.05) is 6.07 Å². The van der Waals surface area contributed by atoms with E-state index in [1.807, 2.05) is 0 Å². The Balaban J connectivity index is 1.26. The van der Waals surface area contributed by atoms with Gasteiger partial charge >= 0.3 is 6.01 Å². The largest absolute Gasteiger partial charge is 0.508 e. The molecule has 4 aromatic rings. The molecule has 12 heteroatoms. The summed E-state index contributed by atoms with van der Waals surface area (Å²) in [6.45, 7) is 2.67. The number of nitrogens with one attached hydrogen (secondary N) is 1. The van der Waals surface area contributed by atoms with Crippen LogP contribution in [0.15, 0.2) is 30.5 Å². The Bertz CT molecular complexity index is 1760. The molecule has 4 fully saturated rings. The summed E-state index contributed by atoms with van der Waals surface area (Å²) in [5, 5.41) is 14.3. The lowest BCUT2D eigenvalue weighted by Gasteiger charge is -2.34. The van der Waals surface area contributed by atoms with Gasteiger partial charge in [0, 0.05) is 55.3 Å². The number of ether oxygens (including phenoxy) is 1.